The van der Waals surface area contributed by atoms with Crippen LogP contribution < -0.4 is 10.6 Å². The average Bonchev–Trinajstić information content (AvgIpc) is 2.15. The average molecular weight is 216 g/mol. The summed E-state index contributed by atoms with van der Waals surface area (Å²) in [7, 11) is 0. The predicted molar refractivity (Wildman–Crippen MR) is 52.6 cm³/mol. The fourth-order valence-electron chi connectivity index (χ4n) is 1.52. The highest BCUT2D eigenvalue weighted by molar-refractivity contribution is 5.79. The van der Waals surface area contributed by atoms with E-state index in [0.717, 1.165) is 12.8 Å². The third kappa shape index (κ3) is 4.64. The molecule has 1 saturated heterocycles. The quantitative estimate of drug-likeness (QED) is 0.616. The lowest BCUT2D eigenvalue weighted by Crippen LogP contribution is -2.47. The lowest BCUT2D eigenvalue weighted by atomic mass is 10.0. The molecule has 1 heterocycles. The van der Waals surface area contributed by atoms with E-state index in [2.05, 4.69) is 10.6 Å². The van der Waals surface area contributed by atoms with Gasteiger partial charge in [-0.15, -0.1) is 0 Å². The van der Waals surface area contributed by atoms with E-state index in [1.165, 1.54) is 0 Å². The molecule has 2 amide bonds. The summed E-state index contributed by atoms with van der Waals surface area (Å²) >= 11 is 0. The van der Waals surface area contributed by atoms with Crippen molar-refractivity contribution in [3.8, 4) is 0 Å². The number of carboxylic acids is 1. The maximum Gasteiger partial charge on any atom is 0.323 e. The van der Waals surface area contributed by atoms with Crippen molar-refractivity contribution in [2.24, 2.45) is 0 Å². The minimum absolute atomic E-state index is 0.0718. The fraction of sp³-hybridized carbons (Fsp3) is 0.778. The first-order valence-electron chi connectivity index (χ1n) is 4.95. The van der Waals surface area contributed by atoms with Crippen LogP contribution >= 0.6 is 0 Å². The number of ether oxygens (including phenoxy) is 1. The molecule has 1 fully saturated rings. The second kappa shape index (κ2) is 5.55. The van der Waals surface area contributed by atoms with Crippen LogP contribution in [0.25, 0.3) is 0 Å². The van der Waals surface area contributed by atoms with E-state index in [0.29, 0.717) is 6.61 Å². The van der Waals surface area contributed by atoms with Gasteiger partial charge in [-0.3, -0.25) is 4.79 Å². The van der Waals surface area contributed by atoms with Gasteiger partial charge in [0.15, 0.2) is 0 Å². The van der Waals surface area contributed by atoms with E-state index in [4.69, 9.17) is 9.84 Å². The molecule has 0 radical (unpaired) electrons. The van der Waals surface area contributed by atoms with Gasteiger partial charge in [-0.05, 0) is 19.8 Å². The number of urea groups is 1. The molecule has 0 aromatic carbocycles. The molecule has 1 rings (SSSR count). The first-order chi connectivity index (χ1) is 7.08. The Bertz CT molecular complexity index is 244. The molecule has 2 unspecified atom stereocenters. The summed E-state index contributed by atoms with van der Waals surface area (Å²) in [5.41, 5.74) is 0. The Morgan fingerprint density at radius 2 is 2.27 bits per heavy atom. The van der Waals surface area contributed by atoms with Crippen LogP contribution in [0.4, 0.5) is 4.79 Å². The van der Waals surface area contributed by atoms with Gasteiger partial charge in [0.25, 0.3) is 0 Å². The second-order valence-corrected chi connectivity index (χ2v) is 3.62. The van der Waals surface area contributed by atoms with E-state index in [1.807, 2.05) is 6.92 Å². The van der Waals surface area contributed by atoms with E-state index in [9.17, 15) is 9.59 Å². The van der Waals surface area contributed by atoms with Gasteiger partial charge < -0.3 is 20.5 Å². The molecule has 6 nitrogen and oxygen atoms in total. The van der Waals surface area contributed by atoms with Crippen molar-refractivity contribution >= 4 is 12.0 Å². The molecule has 3 N–H and O–H groups in total. The summed E-state index contributed by atoms with van der Waals surface area (Å²) in [4.78, 5) is 21.4. The molecule has 86 valence electrons. The summed E-state index contributed by atoms with van der Waals surface area (Å²) < 4.78 is 5.32. The number of aliphatic carboxylic acids is 1. The summed E-state index contributed by atoms with van der Waals surface area (Å²) in [6, 6.07) is -0.362. The Morgan fingerprint density at radius 1 is 1.53 bits per heavy atom. The van der Waals surface area contributed by atoms with Crippen molar-refractivity contribution in [1.29, 1.82) is 0 Å². The van der Waals surface area contributed by atoms with E-state index >= 15 is 0 Å². The topological polar surface area (TPSA) is 87.7 Å². The van der Waals surface area contributed by atoms with Crippen LogP contribution in [0.1, 0.15) is 19.8 Å². The standard InChI is InChI=1S/C9H16N2O4/c1-6-4-7(2-3-15-6)11-9(14)10-5-8(12)13/h6-7H,2-5H2,1H3,(H,12,13)(H2,10,11,14). The smallest absolute Gasteiger partial charge is 0.323 e. The zero-order valence-electron chi connectivity index (χ0n) is 8.66. The summed E-state index contributed by atoms with van der Waals surface area (Å²) in [5.74, 6) is -1.05. The van der Waals surface area contributed by atoms with Gasteiger partial charge in [0, 0.05) is 12.6 Å². The highest BCUT2D eigenvalue weighted by atomic mass is 16.5. The number of carbonyl (C=O) groups excluding carboxylic acids is 1. The number of carbonyl (C=O) groups is 2. The van der Waals surface area contributed by atoms with Gasteiger partial charge in [0.05, 0.1) is 6.10 Å². The van der Waals surface area contributed by atoms with Crippen LogP contribution in [0.5, 0.6) is 0 Å². The SMILES string of the molecule is CC1CC(NC(=O)NCC(=O)O)CCO1. The van der Waals surface area contributed by atoms with Crippen LogP contribution in [0.3, 0.4) is 0 Å². The van der Waals surface area contributed by atoms with Crippen molar-refractivity contribution in [3.05, 3.63) is 0 Å². The van der Waals surface area contributed by atoms with Crippen molar-refractivity contribution in [2.75, 3.05) is 13.2 Å². The molecule has 0 saturated carbocycles. The van der Waals surface area contributed by atoms with Crippen LogP contribution in [0, 0.1) is 0 Å². The Balaban J connectivity index is 2.22. The third-order valence-electron chi connectivity index (χ3n) is 2.22. The monoisotopic (exact) mass is 216 g/mol. The van der Waals surface area contributed by atoms with E-state index in [-0.39, 0.29) is 18.7 Å². The zero-order valence-corrected chi connectivity index (χ0v) is 8.66. The molecule has 15 heavy (non-hydrogen) atoms. The van der Waals surface area contributed by atoms with Crippen molar-refractivity contribution in [1.82, 2.24) is 10.6 Å². The molecule has 0 spiro atoms. The van der Waals surface area contributed by atoms with Gasteiger partial charge in [-0.1, -0.05) is 0 Å². The van der Waals surface area contributed by atoms with Gasteiger partial charge in [0.1, 0.15) is 6.54 Å². The minimum Gasteiger partial charge on any atom is -0.480 e. The fourth-order valence-corrected chi connectivity index (χ4v) is 1.52. The molecule has 0 aromatic heterocycles. The molecule has 0 bridgehead atoms. The van der Waals surface area contributed by atoms with Crippen LogP contribution in [0.2, 0.25) is 0 Å². The van der Waals surface area contributed by atoms with Gasteiger partial charge in [-0.25, -0.2) is 4.79 Å². The molecule has 0 aliphatic carbocycles. The molecule has 1 aliphatic heterocycles. The number of carboxylic acid groups (broad SMARTS) is 1. The number of rotatable bonds is 3. The largest absolute Gasteiger partial charge is 0.480 e. The van der Waals surface area contributed by atoms with E-state index in [1.54, 1.807) is 0 Å². The zero-order chi connectivity index (χ0) is 11.3. The summed E-state index contributed by atoms with van der Waals surface area (Å²) in [6.45, 7) is 2.22. The lowest BCUT2D eigenvalue weighted by molar-refractivity contribution is -0.135. The number of nitrogens with one attached hydrogen (secondary N) is 2. The summed E-state index contributed by atoms with van der Waals surface area (Å²) in [6.07, 6.45) is 1.68. The van der Waals surface area contributed by atoms with Gasteiger partial charge >= 0.3 is 12.0 Å². The number of hydrogen-bond acceptors (Lipinski definition) is 3. The molecular weight excluding hydrogens is 200 g/mol. The first kappa shape index (κ1) is 11.8. The Kier molecular flexibility index (Phi) is 4.36. The third-order valence-corrected chi connectivity index (χ3v) is 2.22. The first-order valence-corrected chi connectivity index (χ1v) is 4.95. The Hall–Kier alpha value is -1.30. The minimum atomic E-state index is -1.05. The second-order valence-electron chi connectivity index (χ2n) is 3.62. The molecule has 0 aromatic rings. The number of amides is 2. The normalized spacial score (nSPS) is 25.7. The van der Waals surface area contributed by atoms with Gasteiger partial charge in [0.2, 0.25) is 0 Å². The Morgan fingerprint density at radius 3 is 2.87 bits per heavy atom. The van der Waals surface area contributed by atoms with Gasteiger partial charge in [-0.2, -0.15) is 0 Å². The predicted octanol–water partition coefficient (Wildman–Crippen LogP) is -0.0623. The number of hydrogen-bond donors (Lipinski definition) is 3. The summed E-state index contributed by atoms with van der Waals surface area (Å²) in [5, 5.41) is 13.3. The maximum absolute atomic E-state index is 11.2. The highest BCUT2D eigenvalue weighted by Crippen LogP contribution is 2.12. The maximum atomic E-state index is 11.2. The lowest BCUT2D eigenvalue weighted by Gasteiger charge is -2.27. The van der Waals surface area contributed by atoms with Crippen LogP contribution in [-0.2, 0) is 9.53 Å². The molecule has 1 aliphatic rings. The molecule has 6 heteroatoms. The van der Waals surface area contributed by atoms with Crippen molar-refractivity contribution in [2.45, 2.75) is 31.9 Å². The van der Waals surface area contributed by atoms with Crippen LogP contribution in [-0.4, -0.2) is 42.4 Å². The van der Waals surface area contributed by atoms with Crippen LogP contribution in [0.15, 0.2) is 0 Å². The van der Waals surface area contributed by atoms with Crippen molar-refractivity contribution in [3.63, 3.8) is 0 Å². The Labute approximate surface area is 88.0 Å². The molecule has 2 atom stereocenters. The highest BCUT2D eigenvalue weighted by Gasteiger charge is 2.20. The molecular formula is C9H16N2O4. The van der Waals surface area contributed by atoms with E-state index < -0.39 is 12.0 Å². The van der Waals surface area contributed by atoms with Crippen molar-refractivity contribution < 1.29 is 19.4 Å².